The average molecular weight is 556 g/mol. The molecule has 1 heterocycles. The van der Waals surface area contributed by atoms with Crippen LogP contribution in [0.1, 0.15) is 37.5 Å². The molecule has 0 fully saturated rings. The fourth-order valence-electron chi connectivity index (χ4n) is 6.54. The maximum Gasteiger partial charge on any atom is 0.227 e. The molecule has 43 heavy (non-hydrogen) atoms. The Morgan fingerprint density at radius 3 is 1.79 bits per heavy atom. The van der Waals surface area contributed by atoms with Crippen molar-refractivity contribution in [2.75, 3.05) is 0 Å². The van der Waals surface area contributed by atoms with E-state index in [4.69, 9.17) is 9.40 Å². The van der Waals surface area contributed by atoms with Crippen LogP contribution in [0.2, 0.25) is 0 Å². The Balaban J connectivity index is 1.47. The van der Waals surface area contributed by atoms with E-state index in [1.165, 1.54) is 65.9 Å². The van der Waals surface area contributed by atoms with Crippen LogP contribution in [0.3, 0.4) is 0 Å². The standard InChI is InChI=1S/C41H33NO/c1-24-6-10-26(11-7-24)30-17-14-28-15-18-32-34(27-12-8-25(2)9-13-27)23-35(33-20-19-31(30)38(28)39(32)33)40-42-36-22-29(41(3,4)5)16-21-37(36)43-40/h6-23H,1-5H3. The summed E-state index contributed by atoms with van der Waals surface area (Å²) in [4.78, 5) is 5.10. The molecule has 2 nitrogen and oxygen atoms in total. The molecule has 0 atom stereocenters. The maximum atomic E-state index is 6.52. The fraction of sp³-hybridized carbons (Fsp3) is 0.146. The number of hydrogen-bond donors (Lipinski definition) is 0. The lowest BCUT2D eigenvalue weighted by Crippen LogP contribution is -2.10. The highest BCUT2D eigenvalue weighted by atomic mass is 16.3. The van der Waals surface area contributed by atoms with Crippen LogP contribution in [0.25, 0.3) is 77.1 Å². The number of benzene rings is 7. The summed E-state index contributed by atoms with van der Waals surface area (Å²) in [5.41, 5.74) is 11.4. The zero-order chi connectivity index (χ0) is 29.5. The van der Waals surface area contributed by atoms with E-state index in [0.717, 1.165) is 22.0 Å². The van der Waals surface area contributed by atoms with E-state index >= 15 is 0 Å². The second kappa shape index (κ2) is 9.28. The summed E-state index contributed by atoms with van der Waals surface area (Å²) in [5.74, 6) is 0.658. The SMILES string of the molecule is Cc1ccc(-c2ccc3ccc4c(-c5ccc(C)cc5)cc(-c5nc6cc(C(C)(C)C)ccc6o5)c5ccc2c3c45)cc1. The second-order valence-electron chi connectivity index (χ2n) is 13.0. The molecule has 8 aromatic rings. The molecule has 1 aromatic heterocycles. The van der Waals surface area contributed by atoms with Crippen molar-refractivity contribution in [1.29, 1.82) is 0 Å². The minimum atomic E-state index is 0.0358. The lowest BCUT2D eigenvalue weighted by atomic mass is 9.85. The molecule has 0 bridgehead atoms. The highest BCUT2D eigenvalue weighted by molar-refractivity contribution is 6.29. The van der Waals surface area contributed by atoms with Gasteiger partial charge in [0.05, 0.1) is 0 Å². The summed E-state index contributed by atoms with van der Waals surface area (Å²) < 4.78 is 6.52. The topological polar surface area (TPSA) is 26.0 Å². The van der Waals surface area contributed by atoms with Gasteiger partial charge in [-0.2, -0.15) is 0 Å². The first-order valence-corrected chi connectivity index (χ1v) is 15.0. The summed E-state index contributed by atoms with van der Waals surface area (Å²) in [6.45, 7) is 11.0. The molecule has 8 rings (SSSR count). The summed E-state index contributed by atoms with van der Waals surface area (Å²) in [6, 6.07) is 40.0. The molecule has 0 amide bonds. The van der Waals surface area contributed by atoms with Crippen molar-refractivity contribution >= 4 is 43.4 Å². The van der Waals surface area contributed by atoms with Gasteiger partial charge >= 0.3 is 0 Å². The van der Waals surface area contributed by atoms with Gasteiger partial charge in [0, 0.05) is 5.56 Å². The van der Waals surface area contributed by atoms with Crippen molar-refractivity contribution in [3.8, 4) is 33.7 Å². The van der Waals surface area contributed by atoms with E-state index in [1.54, 1.807) is 0 Å². The molecule has 0 radical (unpaired) electrons. The molecule has 0 aliphatic heterocycles. The molecule has 208 valence electrons. The summed E-state index contributed by atoms with van der Waals surface area (Å²) >= 11 is 0. The zero-order valence-electron chi connectivity index (χ0n) is 25.2. The summed E-state index contributed by atoms with van der Waals surface area (Å²) in [7, 11) is 0. The minimum Gasteiger partial charge on any atom is -0.436 e. The Morgan fingerprint density at radius 2 is 1.12 bits per heavy atom. The fourth-order valence-corrected chi connectivity index (χ4v) is 6.54. The van der Waals surface area contributed by atoms with E-state index < -0.39 is 0 Å². The van der Waals surface area contributed by atoms with Crippen molar-refractivity contribution in [1.82, 2.24) is 4.98 Å². The number of rotatable bonds is 3. The Morgan fingerprint density at radius 1 is 0.535 bits per heavy atom. The van der Waals surface area contributed by atoms with Crippen LogP contribution in [0.4, 0.5) is 0 Å². The highest BCUT2D eigenvalue weighted by Gasteiger charge is 2.22. The van der Waals surface area contributed by atoms with E-state index in [-0.39, 0.29) is 5.41 Å². The van der Waals surface area contributed by atoms with Crippen molar-refractivity contribution < 1.29 is 4.42 Å². The normalized spacial score (nSPS) is 12.3. The summed E-state index contributed by atoms with van der Waals surface area (Å²) in [5, 5.41) is 7.45. The van der Waals surface area contributed by atoms with Crippen molar-refractivity contribution in [2.45, 2.75) is 40.0 Å². The zero-order valence-corrected chi connectivity index (χ0v) is 25.2. The van der Waals surface area contributed by atoms with E-state index in [2.05, 4.69) is 144 Å². The van der Waals surface area contributed by atoms with E-state index in [9.17, 15) is 0 Å². The average Bonchev–Trinajstić information content (AvgIpc) is 3.43. The lowest BCUT2D eigenvalue weighted by Gasteiger charge is -2.18. The number of hydrogen-bond acceptors (Lipinski definition) is 2. The van der Waals surface area contributed by atoms with Gasteiger partial charge in [-0.25, -0.2) is 4.98 Å². The van der Waals surface area contributed by atoms with Crippen molar-refractivity contribution in [2.24, 2.45) is 0 Å². The van der Waals surface area contributed by atoms with E-state index in [0.29, 0.717) is 5.89 Å². The monoisotopic (exact) mass is 555 g/mol. The molecule has 0 saturated carbocycles. The first-order chi connectivity index (χ1) is 20.7. The number of fused-ring (bicyclic) bond motifs is 1. The second-order valence-corrected chi connectivity index (χ2v) is 13.0. The quantitative estimate of drug-likeness (QED) is 0.203. The number of oxazole rings is 1. The van der Waals surface area contributed by atoms with Crippen LogP contribution in [0.5, 0.6) is 0 Å². The largest absolute Gasteiger partial charge is 0.436 e. The van der Waals surface area contributed by atoms with Gasteiger partial charge in [0.2, 0.25) is 5.89 Å². The number of nitrogens with zero attached hydrogens (tertiary/aromatic N) is 1. The van der Waals surface area contributed by atoms with Gasteiger partial charge < -0.3 is 4.42 Å². The van der Waals surface area contributed by atoms with Gasteiger partial charge in [0.15, 0.2) is 5.58 Å². The number of aromatic nitrogens is 1. The molecule has 0 aliphatic rings. The van der Waals surface area contributed by atoms with Crippen LogP contribution in [-0.2, 0) is 5.41 Å². The lowest BCUT2D eigenvalue weighted by molar-refractivity contribution is 0.590. The first-order valence-electron chi connectivity index (χ1n) is 15.0. The van der Waals surface area contributed by atoms with Crippen molar-refractivity contribution in [3.63, 3.8) is 0 Å². The molecular formula is C41H33NO. The molecule has 0 unspecified atom stereocenters. The smallest absolute Gasteiger partial charge is 0.227 e. The molecular weight excluding hydrogens is 522 g/mol. The van der Waals surface area contributed by atoms with Crippen LogP contribution >= 0.6 is 0 Å². The van der Waals surface area contributed by atoms with Gasteiger partial charge in [-0.15, -0.1) is 0 Å². The third-order valence-corrected chi connectivity index (χ3v) is 8.99. The van der Waals surface area contributed by atoms with Crippen molar-refractivity contribution in [3.05, 3.63) is 126 Å². The van der Waals surface area contributed by atoms with E-state index in [1.807, 2.05) is 0 Å². The van der Waals surface area contributed by atoms with Crippen LogP contribution in [0.15, 0.2) is 114 Å². The van der Waals surface area contributed by atoms with Gasteiger partial charge in [-0.05, 0) is 97.6 Å². The minimum absolute atomic E-state index is 0.0358. The Hall–Kier alpha value is -4.95. The number of aryl methyl sites for hydroxylation is 2. The third kappa shape index (κ3) is 4.12. The van der Waals surface area contributed by atoms with Crippen LogP contribution in [0, 0.1) is 13.8 Å². The Bertz CT molecular complexity index is 2310. The molecule has 0 aliphatic carbocycles. The molecule has 0 saturated heterocycles. The Labute approximate surface area is 252 Å². The highest BCUT2D eigenvalue weighted by Crippen LogP contribution is 2.46. The Kier molecular flexibility index (Phi) is 5.55. The predicted molar refractivity (Wildman–Crippen MR) is 182 cm³/mol. The molecule has 0 N–H and O–H groups in total. The van der Waals surface area contributed by atoms with Gasteiger partial charge in [0.1, 0.15) is 5.52 Å². The van der Waals surface area contributed by atoms with Crippen LogP contribution < -0.4 is 0 Å². The summed E-state index contributed by atoms with van der Waals surface area (Å²) in [6.07, 6.45) is 0. The molecule has 0 spiro atoms. The first kappa shape index (κ1) is 25.7. The van der Waals surface area contributed by atoms with Gasteiger partial charge in [-0.1, -0.05) is 123 Å². The third-order valence-electron chi connectivity index (χ3n) is 8.99. The van der Waals surface area contributed by atoms with Gasteiger partial charge in [-0.3, -0.25) is 0 Å². The van der Waals surface area contributed by atoms with Gasteiger partial charge in [0.25, 0.3) is 0 Å². The molecule has 2 heteroatoms. The van der Waals surface area contributed by atoms with Crippen LogP contribution in [-0.4, -0.2) is 4.98 Å². The molecule has 7 aromatic carbocycles. The predicted octanol–water partition coefficient (Wildman–Crippen LogP) is 11.6. The maximum absolute atomic E-state index is 6.52.